The number of carbonyl (C=O) groups excluding carboxylic acids is 1. The van der Waals surface area contributed by atoms with Crippen molar-refractivity contribution in [1.29, 1.82) is 0 Å². The van der Waals surface area contributed by atoms with E-state index in [1.54, 1.807) is 0 Å². The average Bonchev–Trinajstić information content (AvgIpc) is 2.14. The fourth-order valence-electron chi connectivity index (χ4n) is 2.04. The highest BCUT2D eigenvalue weighted by Crippen LogP contribution is 2.26. The van der Waals surface area contributed by atoms with Gasteiger partial charge in [0.2, 0.25) is 5.91 Å². The first kappa shape index (κ1) is 12.4. The van der Waals surface area contributed by atoms with Crippen LogP contribution < -0.4 is 11.3 Å². The quantitative estimate of drug-likeness (QED) is 0.320. The molecule has 0 aromatic carbocycles. The van der Waals surface area contributed by atoms with E-state index in [1.807, 2.05) is 6.92 Å². The molecule has 1 atom stereocenters. The number of hydrazine groups is 1. The highest BCUT2D eigenvalue weighted by Gasteiger charge is 2.28. The van der Waals surface area contributed by atoms with Crippen LogP contribution >= 0.6 is 0 Å². The molecule has 1 amide bonds. The molecule has 0 aromatic rings. The Balaban J connectivity index is 2.42. The van der Waals surface area contributed by atoms with E-state index < -0.39 is 0 Å². The summed E-state index contributed by atoms with van der Waals surface area (Å²) in [6.45, 7) is 2.79. The van der Waals surface area contributed by atoms with E-state index in [-0.39, 0.29) is 18.6 Å². The summed E-state index contributed by atoms with van der Waals surface area (Å²) in [5.74, 6) is 4.90. The first-order valence-electron chi connectivity index (χ1n) is 5.55. The Bertz CT molecular complexity index is 207. The summed E-state index contributed by atoms with van der Waals surface area (Å²) in [5.41, 5.74) is 2.14. The van der Waals surface area contributed by atoms with E-state index in [9.17, 15) is 4.79 Å². The predicted octanol–water partition coefficient (Wildman–Crippen LogP) is -0.398. The van der Waals surface area contributed by atoms with Crippen LogP contribution in [0.1, 0.15) is 32.6 Å². The largest absolute Gasteiger partial charge is 0.395 e. The van der Waals surface area contributed by atoms with Gasteiger partial charge in [0.05, 0.1) is 6.61 Å². The number of aliphatic hydroxyl groups is 1. The maximum atomic E-state index is 11.1. The smallest absolute Gasteiger partial charge is 0.235 e. The number of hydrogen-bond acceptors (Lipinski definition) is 4. The SMILES string of the molecule is CC(CC(=O)NN)N(CCO)C1CCC1. The second-order valence-corrected chi connectivity index (χ2v) is 4.17. The third-order valence-electron chi connectivity index (χ3n) is 3.11. The molecule has 15 heavy (non-hydrogen) atoms. The molecule has 1 aliphatic carbocycles. The number of nitrogens with one attached hydrogen (secondary N) is 1. The molecule has 1 rings (SSSR count). The fraction of sp³-hybridized carbons (Fsp3) is 0.900. The van der Waals surface area contributed by atoms with Crippen LogP contribution in [0.5, 0.6) is 0 Å². The van der Waals surface area contributed by atoms with Crippen LogP contribution in [-0.4, -0.2) is 41.1 Å². The topological polar surface area (TPSA) is 78.6 Å². The number of aliphatic hydroxyl groups excluding tert-OH is 1. The Labute approximate surface area is 90.6 Å². The van der Waals surface area contributed by atoms with Gasteiger partial charge in [0.1, 0.15) is 0 Å². The molecule has 4 N–H and O–H groups in total. The molecular weight excluding hydrogens is 194 g/mol. The van der Waals surface area contributed by atoms with Crippen molar-refractivity contribution in [2.24, 2.45) is 5.84 Å². The van der Waals surface area contributed by atoms with Gasteiger partial charge in [0, 0.05) is 25.0 Å². The minimum absolute atomic E-state index is 0.144. The van der Waals surface area contributed by atoms with Crippen molar-refractivity contribution >= 4 is 5.91 Å². The number of carbonyl (C=O) groups is 1. The highest BCUT2D eigenvalue weighted by atomic mass is 16.3. The van der Waals surface area contributed by atoms with Crippen LogP contribution in [-0.2, 0) is 4.79 Å². The normalized spacial score (nSPS) is 18.7. The molecule has 88 valence electrons. The van der Waals surface area contributed by atoms with Gasteiger partial charge in [-0.15, -0.1) is 0 Å². The first-order chi connectivity index (χ1) is 7.19. The van der Waals surface area contributed by atoms with Crippen molar-refractivity contribution in [3.8, 4) is 0 Å². The summed E-state index contributed by atoms with van der Waals surface area (Å²) in [7, 11) is 0. The number of amides is 1. The maximum absolute atomic E-state index is 11.1. The zero-order chi connectivity index (χ0) is 11.3. The molecule has 1 aliphatic rings. The van der Waals surface area contributed by atoms with Crippen LogP contribution in [0, 0.1) is 0 Å². The molecule has 1 saturated carbocycles. The second-order valence-electron chi connectivity index (χ2n) is 4.17. The third kappa shape index (κ3) is 3.44. The van der Waals surface area contributed by atoms with Crippen LogP contribution in [0.3, 0.4) is 0 Å². The number of hydrogen-bond donors (Lipinski definition) is 3. The van der Waals surface area contributed by atoms with Crippen molar-refractivity contribution < 1.29 is 9.90 Å². The number of nitrogens with two attached hydrogens (primary N) is 1. The molecule has 1 unspecified atom stereocenters. The van der Waals surface area contributed by atoms with Crippen molar-refractivity contribution in [3.63, 3.8) is 0 Å². The molecule has 0 bridgehead atoms. The standard InChI is InChI=1S/C10H21N3O2/c1-8(7-10(15)12-11)13(5-6-14)9-3-2-4-9/h8-9,14H,2-7,11H2,1H3,(H,12,15). The summed E-state index contributed by atoms with van der Waals surface area (Å²) in [4.78, 5) is 13.3. The van der Waals surface area contributed by atoms with E-state index >= 15 is 0 Å². The van der Waals surface area contributed by atoms with Gasteiger partial charge in [-0.2, -0.15) is 0 Å². The van der Waals surface area contributed by atoms with Crippen molar-refractivity contribution in [2.45, 2.75) is 44.7 Å². The number of nitrogens with zero attached hydrogens (tertiary/aromatic N) is 1. The van der Waals surface area contributed by atoms with Crippen LogP contribution in [0.15, 0.2) is 0 Å². The summed E-state index contributed by atoms with van der Waals surface area (Å²) in [6.07, 6.45) is 4.00. The van der Waals surface area contributed by atoms with Gasteiger partial charge in [0.25, 0.3) is 0 Å². The van der Waals surface area contributed by atoms with Crippen LogP contribution in [0.25, 0.3) is 0 Å². The maximum Gasteiger partial charge on any atom is 0.235 e. The van der Waals surface area contributed by atoms with Gasteiger partial charge in [-0.3, -0.25) is 15.1 Å². The summed E-state index contributed by atoms with van der Waals surface area (Å²) >= 11 is 0. The van der Waals surface area contributed by atoms with E-state index in [0.29, 0.717) is 19.0 Å². The molecule has 0 aromatic heterocycles. The van der Waals surface area contributed by atoms with Gasteiger partial charge < -0.3 is 5.11 Å². The van der Waals surface area contributed by atoms with E-state index in [0.717, 1.165) is 0 Å². The van der Waals surface area contributed by atoms with Crippen molar-refractivity contribution in [2.75, 3.05) is 13.2 Å². The Morgan fingerprint density at radius 3 is 2.73 bits per heavy atom. The van der Waals surface area contributed by atoms with Gasteiger partial charge in [-0.05, 0) is 19.8 Å². The van der Waals surface area contributed by atoms with Gasteiger partial charge in [-0.1, -0.05) is 6.42 Å². The lowest BCUT2D eigenvalue weighted by molar-refractivity contribution is -0.122. The Kier molecular flexibility index (Phi) is 5.01. The molecule has 0 radical (unpaired) electrons. The number of rotatable bonds is 6. The first-order valence-corrected chi connectivity index (χ1v) is 5.55. The lowest BCUT2D eigenvalue weighted by Crippen LogP contribution is -2.48. The van der Waals surface area contributed by atoms with Gasteiger partial charge in [0.15, 0.2) is 0 Å². The second kappa shape index (κ2) is 6.05. The minimum Gasteiger partial charge on any atom is -0.395 e. The minimum atomic E-state index is -0.148. The highest BCUT2D eigenvalue weighted by molar-refractivity contribution is 5.75. The van der Waals surface area contributed by atoms with Crippen molar-refractivity contribution in [3.05, 3.63) is 0 Å². The zero-order valence-electron chi connectivity index (χ0n) is 9.28. The summed E-state index contributed by atoms with van der Waals surface area (Å²) in [5, 5.41) is 8.98. The molecule has 0 saturated heterocycles. The van der Waals surface area contributed by atoms with Crippen LogP contribution in [0.2, 0.25) is 0 Å². The van der Waals surface area contributed by atoms with E-state index in [1.165, 1.54) is 19.3 Å². The fourth-order valence-corrected chi connectivity index (χ4v) is 2.04. The average molecular weight is 215 g/mol. The molecule has 0 aliphatic heterocycles. The lowest BCUT2D eigenvalue weighted by Gasteiger charge is -2.40. The van der Waals surface area contributed by atoms with Gasteiger partial charge in [-0.25, -0.2) is 5.84 Å². The van der Waals surface area contributed by atoms with Crippen LogP contribution in [0.4, 0.5) is 0 Å². The molecule has 5 nitrogen and oxygen atoms in total. The molecular formula is C10H21N3O2. The van der Waals surface area contributed by atoms with Crippen molar-refractivity contribution in [1.82, 2.24) is 10.3 Å². The third-order valence-corrected chi connectivity index (χ3v) is 3.11. The van der Waals surface area contributed by atoms with E-state index in [4.69, 9.17) is 10.9 Å². The molecule has 0 spiro atoms. The summed E-state index contributed by atoms with van der Waals surface area (Å²) < 4.78 is 0. The lowest BCUT2D eigenvalue weighted by atomic mass is 9.90. The van der Waals surface area contributed by atoms with E-state index in [2.05, 4.69) is 10.3 Å². The monoisotopic (exact) mass is 215 g/mol. The predicted molar refractivity (Wildman–Crippen MR) is 57.8 cm³/mol. The Hall–Kier alpha value is -0.650. The Morgan fingerprint density at radius 1 is 1.67 bits per heavy atom. The molecule has 5 heteroatoms. The summed E-state index contributed by atoms with van der Waals surface area (Å²) in [6, 6.07) is 0.684. The molecule has 0 heterocycles. The van der Waals surface area contributed by atoms with Gasteiger partial charge >= 0.3 is 0 Å². The zero-order valence-corrected chi connectivity index (χ0v) is 9.28. The Morgan fingerprint density at radius 2 is 2.33 bits per heavy atom. The molecule has 1 fully saturated rings.